The smallest absolute Gasteiger partial charge is 0.312 e. The van der Waals surface area contributed by atoms with Crippen LogP contribution in [0.4, 0.5) is 0 Å². The van der Waals surface area contributed by atoms with E-state index in [0.717, 1.165) is 5.56 Å². The van der Waals surface area contributed by atoms with Gasteiger partial charge >= 0.3 is 5.97 Å². The average Bonchev–Trinajstić information content (AvgIpc) is 2.37. The number of carbonyl (C=O) groups is 1. The zero-order valence-corrected chi connectivity index (χ0v) is 11.8. The highest BCUT2D eigenvalue weighted by molar-refractivity contribution is 5.73. The van der Waals surface area contributed by atoms with Gasteiger partial charge in [0, 0.05) is 12.1 Å². The Morgan fingerprint density at radius 2 is 2.11 bits per heavy atom. The van der Waals surface area contributed by atoms with Crippen molar-refractivity contribution < 1.29 is 19.4 Å². The summed E-state index contributed by atoms with van der Waals surface area (Å²) in [6, 6.07) is 5.59. The summed E-state index contributed by atoms with van der Waals surface area (Å²) in [5.74, 6) is 0.306. The van der Waals surface area contributed by atoms with Crippen molar-refractivity contribution in [3.8, 4) is 11.5 Å². The number of hydrogen-bond donors (Lipinski definition) is 2. The van der Waals surface area contributed by atoms with Crippen LogP contribution in [0.3, 0.4) is 0 Å². The quantitative estimate of drug-likeness (QED) is 0.789. The number of aliphatic carboxylic acids is 1. The molecule has 1 aromatic rings. The molecule has 0 saturated heterocycles. The Morgan fingerprint density at radius 1 is 1.42 bits per heavy atom. The molecular formula is C14H21NO4. The summed E-state index contributed by atoms with van der Waals surface area (Å²) in [5, 5.41) is 12.1. The van der Waals surface area contributed by atoms with Crippen LogP contribution in [0.2, 0.25) is 0 Å². The Labute approximate surface area is 113 Å². The van der Waals surface area contributed by atoms with Crippen molar-refractivity contribution >= 4 is 5.97 Å². The SMILES string of the molecule is CNCc1cccc(OC)c1OCC(C)(C)C(=O)O. The molecule has 0 radical (unpaired) electrons. The molecule has 5 heteroatoms. The van der Waals surface area contributed by atoms with E-state index in [2.05, 4.69) is 5.32 Å². The number of rotatable bonds is 7. The van der Waals surface area contributed by atoms with Crippen molar-refractivity contribution in [3.63, 3.8) is 0 Å². The number of nitrogens with one attached hydrogen (secondary N) is 1. The van der Waals surface area contributed by atoms with Crippen molar-refractivity contribution in [1.29, 1.82) is 0 Å². The topological polar surface area (TPSA) is 67.8 Å². The highest BCUT2D eigenvalue weighted by Gasteiger charge is 2.29. The van der Waals surface area contributed by atoms with Gasteiger partial charge in [-0.2, -0.15) is 0 Å². The fourth-order valence-electron chi connectivity index (χ4n) is 1.53. The highest BCUT2D eigenvalue weighted by atomic mass is 16.5. The molecule has 0 amide bonds. The van der Waals surface area contributed by atoms with E-state index in [9.17, 15) is 4.79 Å². The monoisotopic (exact) mass is 267 g/mol. The molecule has 19 heavy (non-hydrogen) atoms. The maximum Gasteiger partial charge on any atom is 0.312 e. The van der Waals surface area contributed by atoms with Gasteiger partial charge in [-0.05, 0) is 27.0 Å². The summed E-state index contributed by atoms with van der Waals surface area (Å²) < 4.78 is 10.9. The Bertz CT molecular complexity index is 443. The van der Waals surface area contributed by atoms with Crippen LogP contribution in [0, 0.1) is 5.41 Å². The number of carboxylic acid groups (broad SMARTS) is 1. The first-order valence-electron chi connectivity index (χ1n) is 6.09. The van der Waals surface area contributed by atoms with Crippen LogP contribution in [0.15, 0.2) is 18.2 Å². The Kier molecular flexibility index (Phi) is 5.18. The van der Waals surface area contributed by atoms with Crippen LogP contribution in [0.1, 0.15) is 19.4 Å². The lowest BCUT2D eigenvalue weighted by Gasteiger charge is -2.22. The maximum absolute atomic E-state index is 11.1. The summed E-state index contributed by atoms with van der Waals surface area (Å²) in [4.78, 5) is 11.1. The molecule has 0 aromatic heterocycles. The first-order chi connectivity index (χ1) is 8.92. The summed E-state index contributed by atoms with van der Waals surface area (Å²) >= 11 is 0. The van der Waals surface area contributed by atoms with Crippen LogP contribution in [-0.2, 0) is 11.3 Å². The Morgan fingerprint density at radius 3 is 2.63 bits per heavy atom. The van der Waals surface area contributed by atoms with Gasteiger partial charge in [0.25, 0.3) is 0 Å². The molecule has 2 N–H and O–H groups in total. The molecule has 0 heterocycles. The minimum Gasteiger partial charge on any atom is -0.493 e. The van der Waals surface area contributed by atoms with Crippen molar-refractivity contribution in [2.45, 2.75) is 20.4 Å². The maximum atomic E-state index is 11.1. The van der Waals surface area contributed by atoms with Gasteiger partial charge in [0.1, 0.15) is 6.61 Å². The molecule has 0 aliphatic carbocycles. The standard InChI is InChI=1S/C14H21NO4/c1-14(2,13(16)17)9-19-12-10(8-15-3)6-5-7-11(12)18-4/h5-7,15H,8-9H2,1-4H3,(H,16,17). The lowest BCUT2D eigenvalue weighted by Crippen LogP contribution is -2.31. The number of para-hydroxylation sites is 1. The fraction of sp³-hybridized carbons (Fsp3) is 0.500. The first-order valence-corrected chi connectivity index (χ1v) is 6.09. The molecule has 0 spiro atoms. The molecule has 0 fully saturated rings. The molecule has 0 saturated carbocycles. The van der Waals surface area contributed by atoms with Gasteiger partial charge in [-0.25, -0.2) is 0 Å². The zero-order valence-electron chi connectivity index (χ0n) is 11.8. The summed E-state index contributed by atoms with van der Waals surface area (Å²) in [5.41, 5.74) is -0.0133. The van der Waals surface area contributed by atoms with Gasteiger partial charge in [0.15, 0.2) is 11.5 Å². The molecule has 0 aliphatic rings. The molecular weight excluding hydrogens is 246 g/mol. The number of carboxylic acids is 1. The minimum atomic E-state index is -0.947. The normalized spacial score (nSPS) is 11.2. The number of benzene rings is 1. The highest BCUT2D eigenvalue weighted by Crippen LogP contribution is 2.32. The fourth-order valence-corrected chi connectivity index (χ4v) is 1.53. The third-order valence-electron chi connectivity index (χ3n) is 2.80. The van der Waals surface area contributed by atoms with Crippen molar-refractivity contribution in [2.75, 3.05) is 20.8 Å². The van der Waals surface area contributed by atoms with Gasteiger partial charge in [0.05, 0.1) is 12.5 Å². The van der Waals surface area contributed by atoms with Crippen LogP contribution >= 0.6 is 0 Å². The van der Waals surface area contributed by atoms with Crippen molar-refractivity contribution in [1.82, 2.24) is 5.32 Å². The van der Waals surface area contributed by atoms with E-state index < -0.39 is 11.4 Å². The zero-order chi connectivity index (χ0) is 14.5. The van der Waals surface area contributed by atoms with Crippen molar-refractivity contribution in [2.24, 2.45) is 5.41 Å². The second-order valence-electron chi connectivity index (χ2n) is 4.96. The predicted molar refractivity (Wildman–Crippen MR) is 72.7 cm³/mol. The molecule has 1 aromatic carbocycles. The lowest BCUT2D eigenvalue weighted by molar-refractivity contribution is -0.148. The van der Waals surface area contributed by atoms with Gasteiger partial charge < -0.3 is 19.9 Å². The minimum absolute atomic E-state index is 0.0828. The van der Waals surface area contributed by atoms with E-state index in [1.807, 2.05) is 19.2 Å². The molecule has 1 rings (SSSR count). The summed E-state index contributed by atoms with van der Waals surface area (Å²) in [6.45, 7) is 3.96. The van der Waals surface area contributed by atoms with E-state index >= 15 is 0 Å². The van der Waals surface area contributed by atoms with Gasteiger partial charge in [-0.3, -0.25) is 4.79 Å². The number of methoxy groups -OCH3 is 1. The summed E-state index contributed by atoms with van der Waals surface area (Å²) in [6.07, 6.45) is 0. The van der Waals surface area contributed by atoms with Crippen LogP contribution < -0.4 is 14.8 Å². The van der Waals surface area contributed by atoms with Crippen molar-refractivity contribution in [3.05, 3.63) is 23.8 Å². The molecule has 0 bridgehead atoms. The third-order valence-corrected chi connectivity index (χ3v) is 2.80. The molecule has 106 valence electrons. The lowest BCUT2D eigenvalue weighted by atomic mass is 9.95. The van der Waals surface area contributed by atoms with E-state index in [4.69, 9.17) is 14.6 Å². The second-order valence-corrected chi connectivity index (χ2v) is 4.96. The second kappa shape index (κ2) is 6.43. The van der Waals surface area contributed by atoms with E-state index in [0.29, 0.717) is 18.0 Å². The number of ether oxygens (including phenoxy) is 2. The average molecular weight is 267 g/mol. The van der Waals surface area contributed by atoms with Crippen LogP contribution in [-0.4, -0.2) is 31.8 Å². The predicted octanol–water partition coefficient (Wildman–Crippen LogP) is 1.90. The number of hydrogen-bond acceptors (Lipinski definition) is 4. The summed E-state index contributed by atoms with van der Waals surface area (Å²) in [7, 11) is 3.40. The molecule has 0 unspecified atom stereocenters. The van der Waals surface area contributed by atoms with E-state index in [1.54, 1.807) is 27.0 Å². The van der Waals surface area contributed by atoms with E-state index in [-0.39, 0.29) is 6.61 Å². The molecule has 0 aliphatic heterocycles. The molecule has 5 nitrogen and oxygen atoms in total. The Hall–Kier alpha value is -1.75. The molecule has 0 atom stereocenters. The van der Waals surface area contributed by atoms with Gasteiger partial charge in [-0.15, -0.1) is 0 Å². The van der Waals surface area contributed by atoms with Crippen LogP contribution in [0.5, 0.6) is 11.5 Å². The third kappa shape index (κ3) is 3.86. The largest absolute Gasteiger partial charge is 0.493 e. The van der Waals surface area contributed by atoms with Gasteiger partial charge in [-0.1, -0.05) is 12.1 Å². The van der Waals surface area contributed by atoms with E-state index in [1.165, 1.54) is 0 Å². The first kappa shape index (κ1) is 15.3. The Balaban J connectivity index is 2.95. The van der Waals surface area contributed by atoms with Crippen LogP contribution in [0.25, 0.3) is 0 Å². The van der Waals surface area contributed by atoms with Gasteiger partial charge in [0.2, 0.25) is 0 Å².